The molecule has 2 aromatic carbocycles. The van der Waals surface area contributed by atoms with Crippen molar-refractivity contribution in [2.45, 2.75) is 34.6 Å². The van der Waals surface area contributed by atoms with Crippen LogP contribution in [-0.4, -0.2) is 44.9 Å². The summed E-state index contributed by atoms with van der Waals surface area (Å²) in [5.74, 6) is 0. The Bertz CT molecular complexity index is 2910. The summed E-state index contributed by atoms with van der Waals surface area (Å²) in [7, 11) is 0. The molecule has 9 nitrogen and oxygen atoms in total. The Morgan fingerprint density at radius 3 is 1.07 bits per heavy atom. The molecule has 0 unspecified atom stereocenters. The van der Waals surface area contributed by atoms with Crippen LogP contribution in [0.5, 0.6) is 0 Å². The molecule has 0 radical (unpaired) electrons. The Balaban J connectivity index is 0.000000132. The van der Waals surface area contributed by atoms with E-state index in [-0.39, 0.29) is 0 Å². The largest absolute Gasteiger partial charge is 0.265 e. The van der Waals surface area contributed by atoms with Crippen molar-refractivity contribution < 1.29 is 0 Å². The van der Waals surface area contributed by atoms with Gasteiger partial charge in [-0.25, -0.2) is 0 Å². The minimum absolute atomic E-state index is 0.922. The van der Waals surface area contributed by atoms with Gasteiger partial charge in [0.25, 0.3) is 0 Å². The van der Waals surface area contributed by atoms with Gasteiger partial charge in [0.15, 0.2) is 0 Å². The maximum Gasteiger partial charge on any atom is 0.0889 e. The summed E-state index contributed by atoms with van der Waals surface area (Å²) in [5, 5.41) is 0. The molecule has 11 aromatic rings. The van der Waals surface area contributed by atoms with Crippen molar-refractivity contribution in [2.75, 3.05) is 0 Å². The SMILES string of the molecule is Cc1cc(-c2ccccn2)cc(-c2ccccn2)c1.Cc1cccc(-c2ccccc2)n1.Cc1cccc(-c2ccccn2)n1.Cc1cccc(-c2cccnc2)n1.Cc1cccc(-c2ccncc2)n1. The van der Waals surface area contributed by atoms with Gasteiger partial charge in [0.2, 0.25) is 0 Å². The Morgan fingerprint density at radius 1 is 0.239 bits per heavy atom. The highest BCUT2D eigenvalue weighted by Crippen LogP contribution is 2.26. The zero-order valence-electron chi connectivity index (χ0n) is 40.6. The Morgan fingerprint density at radius 2 is 0.634 bits per heavy atom. The van der Waals surface area contributed by atoms with Gasteiger partial charge in [0, 0.05) is 94.0 Å². The highest BCUT2D eigenvalue weighted by molar-refractivity contribution is 5.70. The van der Waals surface area contributed by atoms with Gasteiger partial charge in [-0.2, -0.15) is 0 Å². The van der Waals surface area contributed by atoms with Gasteiger partial charge in [0.1, 0.15) is 0 Å². The quantitative estimate of drug-likeness (QED) is 0.161. The highest BCUT2D eigenvalue weighted by atomic mass is 14.8. The normalized spacial score (nSPS) is 10.0. The predicted octanol–water partition coefficient (Wildman–Crippen LogP) is 14.5. The Kier molecular flexibility index (Phi) is 18.5. The van der Waals surface area contributed by atoms with Crippen molar-refractivity contribution in [3.05, 3.63) is 272 Å². The topological polar surface area (TPSA) is 116 Å². The summed E-state index contributed by atoms with van der Waals surface area (Å²) < 4.78 is 0. The number of hydrogen-bond donors (Lipinski definition) is 0. The fourth-order valence-corrected chi connectivity index (χ4v) is 7.10. The third-order valence-corrected chi connectivity index (χ3v) is 10.5. The van der Waals surface area contributed by atoms with Crippen LogP contribution in [0.3, 0.4) is 0 Å². The lowest BCUT2D eigenvalue weighted by Gasteiger charge is -2.07. The van der Waals surface area contributed by atoms with Crippen molar-refractivity contribution in [3.63, 3.8) is 0 Å². The van der Waals surface area contributed by atoms with Crippen LogP contribution in [0, 0.1) is 34.6 Å². The van der Waals surface area contributed by atoms with E-state index in [0.717, 1.165) is 84.9 Å². The summed E-state index contributed by atoms with van der Waals surface area (Å²) in [5.41, 5.74) is 17.8. The van der Waals surface area contributed by atoms with Gasteiger partial charge >= 0.3 is 0 Å². The van der Waals surface area contributed by atoms with E-state index in [9.17, 15) is 0 Å². The molecule has 0 saturated carbocycles. The first-order chi connectivity index (χ1) is 34.8. The zero-order chi connectivity index (χ0) is 49.5. The van der Waals surface area contributed by atoms with E-state index in [4.69, 9.17) is 0 Å². The summed E-state index contributed by atoms with van der Waals surface area (Å²) in [4.78, 5) is 38.7. The second-order valence-corrected chi connectivity index (χ2v) is 16.2. The third-order valence-electron chi connectivity index (χ3n) is 10.5. The average Bonchev–Trinajstić information content (AvgIpc) is 3.43. The average molecular weight is 926 g/mol. The van der Waals surface area contributed by atoms with Gasteiger partial charge < -0.3 is 0 Å². The summed E-state index contributed by atoms with van der Waals surface area (Å²) >= 11 is 0. The molecular weight excluding hydrogens is 871 g/mol. The van der Waals surface area contributed by atoms with Gasteiger partial charge in [0.05, 0.1) is 39.9 Å². The van der Waals surface area contributed by atoms with Crippen molar-refractivity contribution in [1.82, 2.24) is 44.9 Å². The summed E-state index contributed by atoms with van der Waals surface area (Å²) in [6.07, 6.45) is 12.6. The van der Waals surface area contributed by atoms with Crippen LogP contribution in [0.4, 0.5) is 0 Å². The standard InChI is InChI=1S/C17H14N2.C12H11N.3C11H10N2/c1-13-10-14(16-6-2-4-8-18-16)12-15(11-13)17-7-3-5-9-19-17;1-10-6-5-9-12(13-10)11-7-3-2-4-8-11;1-9-4-2-6-11(13-9)10-5-3-7-12-8-10;1-9-5-4-7-11(13-9)10-6-2-3-8-12-10;1-9-3-2-4-11(13-9)10-5-7-12-8-6-10/h2-12H,1H3;2-9H,1H3;3*2-8H,1H3. The molecule has 0 saturated heterocycles. The first-order valence-corrected chi connectivity index (χ1v) is 23.2. The Hall–Kier alpha value is -9.21. The van der Waals surface area contributed by atoms with Gasteiger partial charge in [-0.3, -0.25) is 44.9 Å². The van der Waals surface area contributed by atoms with Crippen LogP contribution in [0.25, 0.3) is 67.7 Å². The minimum atomic E-state index is 0.922. The molecule has 0 aliphatic rings. The van der Waals surface area contributed by atoms with Crippen molar-refractivity contribution in [3.8, 4) is 67.7 Å². The van der Waals surface area contributed by atoms with E-state index in [1.54, 1.807) is 24.8 Å². The van der Waals surface area contributed by atoms with Crippen LogP contribution in [-0.2, 0) is 0 Å². The van der Waals surface area contributed by atoms with E-state index < -0.39 is 0 Å². The number of pyridine rings is 9. The number of rotatable bonds is 6. The molecule has 9 heteroatoms. The molecular formula is C62H55N9. The number of nitrogens with zero attached hydrogens (tertiary/aromatic N) is 9. The molecule has 0 amide bonds. The van der Waals surface area contributed by atoms with E-state index in [1.165, 1.54) is 11.1 Å². The van der Waals surface area contributed by atoms with E-state index in [0.29, 0.717) is 0 Å². The molecule has 0 aliphatic heterocycles. The molecule has 0 atom stereocenters. The fraction of sp³-hybridized carbons (Fsp3) is 0.0806. The minimum Gasteiger partial charge on any atom is -0.265 e. The highest BCUT2D eigenvalue weighted by Gasteiger charge is 2.05. The summed E-state index contributed by atoms with van der Waals surface area (Å²) in [6.45, 7) is 10.1. The van der Waals surface area contributed by atoms with Gasteiger partial charge in [-0.05, 0) is 168 Å². The molecule has 0 bridgehead atoms. The molecule has 71 heavy (non-hydrogen) atoms. The second kappa shape index (κ2) is 26.4. The molecule has 9 aromatic heterocycles. The maximum absolute atomic E-state index is 4.44. The van der Waals surface area contributed by atoms with Crippen LogP contribution < -0.4 is 0 Å². The van der Waals surface area contributed by atoms with Crippen LogP contribution >= 0.6 is 0 Å². The van der Waals surface area contributed by atoms with Crippen LogP contribution in [0.1, 0.15) is 28.3 Å². The van der Waals surface area contributed by atoms with Crippen molar-refractivity contribution >= 4 is 0 Å². The van der Waals surface area contributed by atoms with Gasteiger partial charge in [-0.1, -0.05) is 72.8 Å². The molecule has 9 heterocycles. The van der Waals surface area contributed by atoms with Crippen molar-refractivity contribution in [1.29, 1.82) is 0 Å². The molecule has 11 rings (SSSR count). The fourth-order valence-electron chi connectivity index (χ4n) is 7.10. The van der Waals surface area contributed by atoms with Crippen LogP contribution in [0.2, 0.25) is 0 Å². The lowest BCUT2D eigenvalue weighted by atomic mass is 10.0. The van der Waals surface area contributed by atoms with E-state index in [1.807, 2.05) is 216 Å². The number of benzene rings is 2. The maximum atomic E-state index is 4.44. The lowest BCUT2D eigenvalue weighted by Crippen LogP contribution is -1.87. The predicted molar refractivity (Wildman–Crippen MR) is 289 cm³/mol. The number of aromatic nitrogens is 9. The summed E-state index contributed by atoms with van der Waals surface area (Å²) in [6, 6.07) is 66.2. The molecule has 0 aliphatic carbocycles. The van der Waals surface area contributed by atoms with E-state index in [2.05, 4.69) is 82.1 Å². The van der Waals surface area contributed by atoms with Crippen LogP contribution in [0.15, 0.2) is 244 Å². The molecule has 0 spiro atoms. The first-order valence-electron chi connectivity index (χ1n) is 23.2. The molecule has 0 fully saturated rings. The van der Waals surface area contributed by atoms with Gasteiger partial charge in [-0.15, -0.1) is 0 Å². The third kappa shape index (κ3) is 15.9. The lowest BCUT2D eigenvalue weighted by molar-refractivity contribution is 1.18. The number of aryl methyl sites for hydroxylation is 5. The monoisotopic (exact) mass is 925 g/mol. The van der Waals surface area contributed by atoms with Crippen molar-refractivity contribution in [2.24, 2.45) is 0 Å². The first kappa shape index (κ1) is 49.7. The smallest absolute Gasteiger partial charge is 0.0889 e. The molecule has 348 valence electrons. The zero-order valence-corrected chi connectivity index (χ0v) is 40.6. The Labute approximate surface area is 417 Å². The second-order valence-electron chi connectivity index (χ2n) is 16.2. The number of hydrogen-bond acceptors (Lipinski definition) is 9. The molecule has 0 N–H and O–H groups in total. The van der Waals surface area contributed by atoms with E-state index >= 15 is 0 Å².